The summed E-state index contributed by atoms with van der Waals surface area (Å²) < 4.78 is 0. The van der Waals surface area contributed by atoms with Gasteiger partial charge in [-0.3, -0.25) is 0 Å². The molecule has 4 aromatic carbocycles. The van der Waals surface area contributed by atoms with Crippen molar-refractivity contribution < 1.29 is 0 Å². The number of benzene rings is 4. The molecule has 2 heteroatoms. The Morgan fingerprint density at radius 3 is 2.15 bits per heavy atom. The molecule has 4 aromatic rings. The lowest BCUT2D eigenvalue weighted by molar-refractivity contribution is 1.34. The third-order valence-electron chi connectivity index (χ3n) is 5.30. The van der Waals surface area contributed by atoms with E-state index < -0.39 is 8.07 Å². The van der Waals surface area contributed by atoms with Gasteiger partial charge in [0.1, 0.15) is 8.07 Å². The van der Waals surface area contributed by atoms with Gasteiger partial charge in [0, 0.05) is 5.02 Å². The van der Waals surface area contributed by atoms with Crippen LogP contribution in [0.3, 0.4) is 0 Å². The van der Waals surface area contributed by atoms with Crippen LogP contribution in [-0.2, 0) is 6.04 Å². The van der Waals surface area contributed by atoms with E-state index >= 15 is 0 Å². The Labute approximate surface area is 161 Å². The fourth-order valence-corrected chi connectivity index (χ4v) is 8.19. The minimum atomic E-state index is -2.02. The highest BCUT2D eigenvalue weighted by atomic mass is 35.5. The van der Waals surface area contributed by atoms with Crippen LogP contribution in [0.15, 0.2) is 97.1 Å². The summed E-state index contributed by atoms with van der Waals surface area (Å²) in [4.78, 5) is 0. The zero-order chi connectivity index (χ0) is 18.0. The Hall–Kier alpha value is -2.35. The van der Waals surface area contributed by atoms with Gasteiger partial charge in [0.25, 0.3) is 0 Å². The standard InChI is InChI=1S/C24H21ClSi/c1-26(21-13-3-2-4-14-21,18-20-11-6-8-16-23(20)25)24-17-9-12-19-10-5-7-15-22(19)24/h2-17H,18H2,1H3. The average molecular weight is 373 g/mol. The maximum atomic E-state index is 6.55. The van der Waals surface area contributed by atoms with E-state index in [4.69, 9.17) is 11.6 Å². The largest absolute Gasteiger partial charge is 0.120 e. The van der Waals surface area contributed by atoms with Gasteiger partial charge in [-0.1, -0.05) is 114 Å². The van der Waals surface area contributed by atoms with Gasteiger partial charge in [0.05, 0.1) is 0 Å². The molecule has 0 nitrogen and oxygen atoms in total. The molecule has 0 bridgehead atoms. The van der Waals surface area contributed by atoms with E-state index in [1.165, 1.54) is 26.7 Å². The number of fused-ring (bicyclic) bond motifs is 1. The lowest BCUT2D eigenvalue weighted by Crippen LogP contribution is -2.58. The van der Waals surface area contributed by atoms with Crippen molar-refractivity contribution in [1.82, 2.24) is 0 Å². The van der Waals surface area contributed by atoms with E-state index in [0.717, 1.165) is 11.1 Å². The van der Waals surface area contributed by atoms with Crippen LogP contribution in [-0.4, -0.2) is 8.07 Å². The van der Waals surface area contributed by atoms with E-state index in [-0.39, 0.29) is 0 Å². The Kier molecular flexibility index (Phi) is 4.67. The first-order valence-electron chi connectivity index (χ1n) is 8.96. The van der Waals surface area contributed by atoms with Crippen molar-refractivity contribution in [1.29, 1.82) is 0 Å². The molecular formula is C24H21ClSi. The predicted molar refractivity (Wildman–Crippen MR) is 116 cm³/mol. The van der Waals surface area contributed by atoms with Gasteiger partial charge in [0.15, 0.2) is 0 Å². The maximum Gasteiger partial charge on any atom is 0.120 e. The molecule has 0 N–H and O–H groups in total. The summed E-state index contributed by atoms with van der Waals surface area (Å²) in [6.45, 7) is 2.47. The molecule has 0 aliphatic carbocycles. The van der Waals surface area contributed by atoms with Gasteiger partial charge in [0.2, 0.25) is 0 Å². The fourth-order valence-electron chi connectivity index (χ4n) is 3.89. The topological polar surface area (TPSA) is 0 Å². The fraction of sp³-hybridized carbons (Fsp3) is 0.0833. The highest BCUT2D eigenvalue weighted by molar-refractivity contribution is 7.02. The summed E-state index contributed by atoms with van der Waals surface area (Å²) in [7, 11) is -2.02. The first-order valence-corrected chi connectivity index (χ1v) is 12.0. The summed E-state index contributed by atoms with van der Waals surface area (Å²) in [5.41, 5.74) is 1.24. The quantitative estimate of drug-likeness (QED) is 0.417. The van der Waals surface area contributed by atoms with Crippen molar-refractivity contribution in [2.24, 2.45) is 0 Å². The average Bonchev–Trinajstić information content (AvgIpc) is 2.70. The van der Waals surface area contributed by atoms with Crippen LogP contribution in [0.2, 0.25) is 11.6 Å². The molecule has 0 saturated carbocycles. The second kappa shape index (κ2) is 7.11. The molecule has 1 unspecified atom stereocenters. The second-order valence-electron chi connectivity index (χ2n) is 6.99. The molecule has 0 radical (unpaired) electrons. The molecular weight excluding hydrogens is 352 g/mol. The number of rotatable bonds is 4. The van der Waals surface area contributed by atoms with Crippen molar-refractivity contribution in [3.05, 3.63) is 108 Å². The van der Waals surface area contributed by atoms with E-state index in [0.29, 0.717) is 0 Å². The molecule has 0 aliphatic rings. The van der Waals surface area contributed by atoms with Crippen LogP contribution in [0.1, 0.15) is 5.56 Å². The van der Waals surface area contributed by atoms with Crippen LogP contribution < -0.4 is 10.4 Å². The summed E-state index contributed by atoms with van der Waals surface area (Å²) in [5, 5.41) is 6.44. The van der Waals surface area contributed by atoms with Crippen LogP contribution in [0.5, 0.6) is 0 Å². The van der Waals surface area contributed by atoms with Gasteiger partial charge in [-0.25, -0.2) is 0 Å². The SMILES string of the molecule is C[Si](Cc1ccccc1Cl)(c1ccccc1)c1cccc2ccccc12. The second-order valence-corrected chi connectivity index (χ2v) is 11.5. The Bertz CT molecular complexity index is 1040. The van der Waals surface area contributed by atoms with Gasteiger partial charge in [-0.15, -0.1) is 0 Å². The Morgan fingerprint density at radius 1 is 0.692 bits per heavy atom. The number of halogens is 1. The summed E-state index contributed by atoms with van der Waals surface area (Å²) in [6.07, 6.45) is 0. The highest BCUT2D eigenvalue weighted by Crippen LogP contribution is 2.23. The molecule has 128 valence electrons. The molecule has 0 spiro atoms. The monoisotopic (exact) mass is 372 g/mol. The first-order chi connectivity index (χ1) is 12.7. The third kappa shape index (κ3) is 3.09. The van der Waals surface area contributed by atoms with Gasteiger partial charge >= 0.3 is 0 Å². The van der Waals surface area contributed by atoms with Crippen molar-refractivity contribution in [3.63, 3.8) is 0 Å². The van der Waals surface area contributed by atoms with E-state index in [9.17, 15) is 0 Å². The molecule has 0 heterocycles. The summed E-state index contributed by atoms with van der Waals surface area (Å²) in [5.74, 6) is 0. The summed E-state index contributed by atoms with van der Waals surface area (Å²) in [6, 6.07) is 35.6. The van der Waals surface area contributed by atoms with Crippen LogP contribution in [0.4, 0.5) is 0 Å². The minimum Gasteiger partial charge on any atom is -0.0841 e. The lowest BCUT2D eigenvalue weighted by atomic mass is 10.1. The highest BCUT2D eigenvalue weighted by Gasteiger charge is 2.33. The van der Waals surface area contributed by atoms with E-state index in [1.807, 2.05) is 12.1 Å². The van der Waals surface area contributed by atoms with Crippen LogP contribution >= 0.6 is 11.6 Å². The van der Waals surface area contributed by atoms with Crippen LogP contribution in [0, 0.1) is 0 Å². The number of hydrogen-bond donors (Lipinski definition) is 0. The van der Waals surface area contributed by atoms with E-state index in [1.54, 1.807) is 0 Å². The minimum absolute atomic E-state index is 0.863. The van der Waals surface area contributed by atoms with E-state index in [2.05, 4.69) is 91.5 Å². The molecule has 0 amide bonds. The molecule has 0 fully saturated rings. The zero-order valence-electron chi connectivity index (χ0n) is 14.8. The van der Waals surface area contributed by atoms with Crippen molar-refractivity contribution in [3.8, 4) is 0 Å². The molecule has 0 aromatic heterocycles. The predicted octanol–water partition coefficient (Wildman–Crippen LogP) is 5.47. The van der Waals surface area contributed by atoms with Crippen molar-refractivity contribution >= 4 is 40.8 Å². The maximum absolute atomic E-state index is 6.55. The molecule has 1 atom stereocenters. The Balaban J connectivity index is 1.95. The molecule has 4 rings (SSSR count). The smallest absolute Gasteiger partial charge is 0.0841 e. The lowest BCUT2D eigenvalue weighted by Gasteiger charge is -2.30. The van der Waals surface area contributed by atoms with Crippen molar-refractivity contribution in [2.75, 3.05) is 0 Å². The third-order valence-corrected chi connectivity index (χ3v) is 9.99. The molecule has 0 saturated heterocycles. The first kappa shape index (κ1) is 17.1. The Morgan fingerprint density at radius 2 is 1.35 bits per heavy atom. The normalized spacial score (nSPS) is 13.5. The van der Waals surface area contributed by atoms with Crippen molar-refractivity contribution in [2.45, 2.75) is 12.6 Å². The van der Waals surface area contributed by atoms with Gasteiger partial charge in [-0.05, 0) is 33.6 Å². The molecule has 0 aliphatic heterocycles. The van der Waals surface area contributed by atoms with Gasteiger partial charge in [-0.2, -0.15) is 0 Å². The number of hydrogen-bond acceptors (Lipinski definition) is 0. The molecule has 26 heavy (non-hydrogen) atoms. The van der Waals surface area contributed by atoms with Gasteiger partial charge < -0.3 is 0 Å². The summed E-state index contributed by atoms with van der Waals surface area (Å²) >= 11 is 6.55. The zero-order valence-corrected chi connectivity index (χ0v) is 16.6. The van der Waals surface area contributed by atoms with Crippen LogP contribution in [0.25, 0.3) is 10.8 Å².